The Balaban J connectivity index is 3.29. The lowest BCUT2D eigenvalue weighted by atomic mass is 9.91. The third kappa shape index (κ3) is 4.87. The summed E-state index contributed by atoms with van der Waals surface area (Å²) in [5, 5.41) is 0. The molecule has 0 nitrogen and oxygen atoms in total. The smallest absolute Gasteiger partial charge is 0.0195 e. The van der Waals surface area contributed by atoms with Crippen LogP contribution in [0.2, 0.25) is 0 Å². The summed E-state index contributed by atoms with van der Waals surface area (Å²) < 4.78 is 0. The lowest BCUT2D eigenvalue weighted by Crippen LogP contribution is -1.95. The molecule has 0 heteroatoms. The van der Waals surface area contributed by atoms with Gasteiger partial charge in [-0.2, -0.15) is 0 Å². The van der Waals surface area contributed by atoms with E-state index in [2.05, 4.69) is 91.8 Å². The van der Waals surface area contributed by atoms with Crippen molar-refractivity contribution in [1.82, 2.24) is 0 Å². The van der Waals surface area contributed by atoms with Gasteiger partial charge in [0.15, 0.2) is 0 Å². The van der Waals surface area contributed by atoms with E-state index in [1.54, 1.807) is 0 Å². The van der Waals surface area contributed by atoms with Gasteiger partial charge in [0.2, 0.25) is 0 Å². The Hall–Kier alpha value is -1.82. The summed E-state index contributed by atoms with van der Waals surface area (Å²) in [5.74, 6) is 0. The van der Waals surface area contributed by atoms with E-state index in [1.807, 2.05) is 0 Å². The van der Waals surface area contributed by atoms with Crippen molar-refractivity contribution in [2.24, 2.45) is 0 Å². The minimum atomic E-state index is 1.32. The van der Waals surface area contributed by atoms with Crippen LogP contribution in [0.3, 0.4) is 0 Å². The molecule has 0 atom stereocenters. The van der Waals surface area contributed by atoms with Crippen molar-refractivity contribution in [1.29, 1.82) is 0 Å². The average molecular weight is 294 g/mol. The molecule has 0 aliphatic carbocycles. The predicted molar refractivity (Wildman–Crippen MR) is 102 cm³/mol. The Bertz CT molecular complexity index is 595. The number of benzene rings is 1. The van der Waals surface area contributed by atoms with Crippen LogP contribution in [0.25, 0.3) is 11.1 Å². The van der Waals surface area contributed by atoms with Gasteiger partial charge in [-0.05, 0) is 88.8 Å². The maximum Gasteiger partial charge on any atom is -0.0195 e. The van der Waals surface area contributed by atoms with Crippen molar-refractivity contribution in [2.45, 2.75) is 55.4 Å². The summed E-state index contributed by atoms with van der Waals surface area (Å²) in [6.07, 6.45) is 8.78. The molecule has 0 spiro atoms. The van der Waals surface area contributed by atoms with Gasteiger partial charge in [0.1, 0.15) is 0 Å². The third-order valence-electron chi connectivity index (χ3n) is 3.97. The lowest BCUT2D eigenvalue weighted by Gasteiger charge is -2.14. The highest BCUT2D eigenvalue weighted by molar-refractivity contribution is 5.75. The minimum absolute atomic E-state index is 1.32. The van der Waals surface area contributed by atoms with Crippen molar-refractivity contribution in [3.8, 4) is 0 Å². The highest BCUT2D eigenvalue weighted by Crippen LogP contribution is 2.28. The van der Waals surface area contributed by atoms with Crippen LogP contribution in [0.15, 0.2) is 47.6 Å². The quantitative estimate of drug-likeness (QED) is 0.522. The van der Waals surface area contributed by atoms with E-state index in [0.717, 1.165) is 0 Å². The fourth-order valence-electron chi connectivity index (χ4n) is 2.44. The zero-order valence-electron chi connectivity index (χ0n) is 15.5. The van der Waals surface area contributed by atoms with Crippen molar-refractivity contribution in [2.75, 3.05) is 0 Å². The van der Waals surface area contributed by atoms with Gasteiger partial charge in [-0.25, -0.2) is 0 Å². The fourth-order valence-corrected chi connectivity index (χ4v) is 2.44. The van der Waals surface area contributed by atoms with Gasteiger partial charge < -0.3 is 0 Å². The first-order chi connectivity index (χ1) is 10.2. The van der Waals surface area contributed by atoms with Crippen molar-refractivity contribution in [3.63, 3.8) is 0 Å². The molecule has 1 rings (SSSR count). The molecule has 0 aliphatic heterocycles. The van der Waals surface area contributed by atoms with Crippen molar-refractivity contribution >= 4 is 11.1 Å². The van der Waals surface area contributed by atoms with Gasteiger partial charge in [-0.1, -0.05) is 47.6 Å². The molecule has 0 saturated heterocycles. The summed E-state index contributed by atoms with van der Waals surface area (Å²) in [6.45, 7) is 17.3. The maximum absolute atomic E-state index is 2.25. The first kappa shape index (κ1) is 18.2. The van der Waals surface area contributed by atoms with Crippen molar-refractivity contribution in [3.05, 3.63) is 69.8 Å². The highest BCUT2D eigenvalue weighted by Gasteiger charge is 2.08. The van der Waals surface area contributed by atoms with E-state index in [4.69, 9.17) is 0 Å². The third-order valence-corrected chi connectivity index (χ3v) is 3.97. The van der Waals surface area contributed by atoms with Crippen LogP contribution in [-0.4, -0.2) is 0 Å². The molecule has 0 fully saturated rings. The first-order valence-corrected chi connectivity index (χ1v) is 7.98. The molecule has 0 saturated carbocycles. The largest absolute Gasteiger partial charge is 0.0764 e. The molecule has 0 heterocycles. The van der Waals surface area contributed by atoms with Gasteiger partial charge in [0.05, 0.1) is 0 Å². The van der Waals surface area contributed by atoms with Gasteiger partial charge >= 0.3 is 0 Å². The Morgan fingerprint density at radius 1 is 0.591 bits per heavy atom. The Kier molecular flexibility index (Phi) is 6.61. The second-order valence-electron chi connectivity index (χ2n) is 6.60. The van der Waals surface area contributed by atoms with E-state index in [9.17, 15) is 0 Å². The lowest BCUT2D eigenvalue weighted by molar-refractivity contribution is 1.28. The normalized spacial score (nSPS) is 12.2. The van der Waals surface area contributed by atoms with E-state index >= 15 is 0 Å². The molecule has 118 valence electrons. The van der Waals surface area contributed by atoms with Crippen LogP contribution in [0.4, 0.5) is 0 Å². The molecule has 0 aliphatic rings. The average Bonchev–Trinajstić information content (AvgIpc) is 2.44. The summed E-state index contributed by atoms with van der Waals surface area (Å²) >= 11 is 0. The standard InChI is InChI=1S/C22H30/c1-15(2)9-11-17(5)21-13-14-22(20(8)19(21)7)18(6)12-10-16(3)4/h9-14H,1-8H3. The zero-order chi connectivity index (χ0) is 16.9. The zero-order valence-corrected chi connectivity index (χ0v) is 15.5. The highest BCUT2D eigenvalue weighted by atomic mass is 14.1. The van der Waals surface area contributed by atoms with Crippen LogP contribution >= 0.6 is 0 Å². The Labute approximate surface area is 137 Å². The second-order valence-corrected chi connectivity index (χ2v) is 6.60. The number of hydrogen-bond donors (Lipinski definition) is 0. The van der Waals surface area contributed by atoms with Gasteiger partial charge in [-0.15, -0.1) is 0 Å². The summed E-state index contributed by atoms with van der Waals surface area (Å²) in [6, 6.07) is 4.50. The Morgan fingerprint density at radius 2 is 0.909 bits per heavy atom. The number of rotatable bonds is 4. The fraction of sp³-hybridized carbons (Fsp3) is 0.364. The van der Waals surface area contributed by atoms with E-state index < -0.39 is 0 Å². The molecule has 0 radical (unpaired) electrons. The summed E-state index contributed by atoms with van der Waals surface area (Å²) in [4.78, 5) is 0. The molecule has 1 aromatic carbocycles. The molecular formula is C22H30. The molecule has 0 aromatic heterocycles. The van der Waals surface area contributed by atoms with Crippen molar-refractivity contribution < 1.29 is 0 Å². The summed E-state index contributed by atoms with van der Waals surface area (Å²) in [7, 11) is 0. The van der Waals surface area contributed by atoms with E-state index in [0.29, 0.717) is 0 Å². The molecular weight excluding hydrogens is 264 g/mol. The van der Waals surface area contributed by atoms with Crippen LogP contribution in [0, 0.1) is 13.8 Å². The van der Waals surface area contributed by atoms with Gasteiger partial charge in [0, 0.05) is 0 Å². The monoisotopic (exact) mass is 294 g/mol. The van der Waals surface area contributed by atoms with Crippen LogP contribution < -0.4 is 0 Å². The Morgan fingerprint density at radius 3 is 1.18 bits per heavy atom. The van der Waals surface area contributed by atoms with Crippen LogP contribution in [0.5, 0.6) is 0 Å². The van der Waals surface area contributed by atoms with E-state index in [-0.39, 0.29) is 0 Å². The molecule has 0 bridgehead atoms. The topological polar surface area (TPSA) is 0 Å². The molecule has 22 heavy (non-hydrogen) atoms. The number of allylic oxidation sites excluding steroid dienone is 8. The van der Waals surface area contributed by atoms with Crippen LogP contribution in [-0.2, 0) is 0 Å². The molecule has 1 aromatic rings. The molecule has 0 unspecified atom stereocenters. The SMILES string of the molecule is CC(C)=CC=C(C)c1ccc(C(C)=CC=C(C)C)c(C)c1C. The van der Waals surface area contributed by atoms with E-state index in [1.165, 1.54) is 44.5 Å². The first-order valence-electron chi connectivity index (χ1n) is 7.98. The maximum atomic E-state index is 2.25. The minimum Gasteiger partial charge on any atom is -0.0764 e. The second kappa shape index (κ2) is 7.98. The molecule has 0 amide bonds. The van der Waals surface area contributed by atoms with Gasteiger partial charge in [-0.3, -0.25) is 0 Å². The molecule has 0 N–H and O–H groups in total. The van der Waals surface area contributed by atoms with Gasteiger partial charge in [0.25, 0.3) is 0 Å². The number of hydrogen-bond acceptors (Lipinski definition) is 0. The summed E-state index contributed by atoms with van der Waals surface area (Å²) in [5.41, 5.74) is 10.7. The van der Waals surface area contributed by atoms with Crippen LogP contribution in [0.1, 0.15) is 63.8 Å². The predicted octanol–water partition coefficient (Wildman–Crippen LogP) is 7.04.